The largest absolute Gasteiger partial charge is 0.416 e. The predicted molar refractivity (Wildman–Crippen MR) is 130 cm³/mol. The Kier molecular flexibility index (Phi) is 7.10. The minimum atomic E-state index is -4.42. The van der Waals surface area contributed by atoms with Crippen molar-refractivity contribution < 1.29 is 18.0 Å². The molecule has 4 rings (SSSR count). The lowest BCUT2D eigenvalue weighted by molar-refractivity contribution is -0.137. The Morgan fingerprint density at radius 3 is 2.31 bits per heavy atom. The van der Waals surface area contributed by atoms with E-state index < -0.39 is 11.7 Å². The number of nitrogens with zero attached hydrogens (tertiary/aromatic N) is 3. The highest BCUT2D eigenvalue weighted by Gasteiger charge is 2.30. The van der Waals surface area contributed by atoms with E-state index in [1.165, 1.54) is 12.1 Å². The number of hydrogen-bond acceptors (Lipinski definition) is 4. The zero-order chi connectivity index (χ0) is 24.8. The standard InChI is InChI=1S/C27H23F3N4O/c1-34(17-15-21-6-4-5-16-31-21)25-14-13-22(18-32-25)33-26(35)24-8-3-2-7-23(24)19-9-11-20(12-10-19)27(28,29)30/h2-14,16,18H,15,17H2,1H3,(H,33,35). The van der Waals surface area contributed by atoms with Gasteiger partial charge in [0.15, 0.2) is 0 Å². The molecular formula is C27H23F3N4O. The molecule has 35 heavy (non-hydrogen) atoms. The molecule has 2 aromatic heterocycles. The first-order chi connectivity index (χ1) is 16.8. The Bertz CT molecular complexity index is 1270. The number of alkyl halides is 3. The van der Waals surface area contributed by atoms with Crippen molar-refractivity contribution in [2.45, 2.75) is 12.6 Å². The molecule has 2 aromatic carbocycles. The van der Waals surface area contributed by atoms with Crippen LogP contribution in [0.25, 0.3) is 11.1 Å². The van der Waals surface area contributed by atoms with Gasteiger partial charge in [0.25, 0.3) is 5.91 Å². The van der Waals surface area contributed by atoms with Crippen molar-refractivity contribution in [2.24, 2.45) is 0 Å². The number of benzene rings is 2. The topological polar surface area (TPSA) is 58.1 Å². The summed E-state index contributed by atoms with van der Waals surface area (Å²) in [6.07, 6.45) is -0.300. The maximum Gasteiger partial charge on any atom is 0.416 e. The molecule has 5 nitrogen and oxygen atoms in total. The van der Waals surface area contributed by atoms with Crippen LogP contribution in [-0.4, -0.2) is 29.5 Å². The summed E-state index contributed by atoms with van der Waals surface area (Å²) in [5, 5.41) is 2.82. The molecule has 8 heteroatoms. The van der Waals surface area contributed by atoms with Gasteiger partial charge in [-0.05, 0) is 53.6 Å². The lowest BCUT2D eigenvalue weighted by Gasteiger charge is -2.18. The number of pyridine rings is 2. The highest BCUT2D eigenvalue weighted by atomic mass is 19.4. The number of likely N-dealkylation sites (N-methyl/N-ethyl adjacent to an activating group) is 1. The van der Waals surface area contributed by atoms with Crippen LogP contribution in [0.4, 0.5) is 24.7 Å². The molecule has 0 radical (unpaired) electrons. The Morgan fingerprint density at radius 2 is 1.66 bits per heavy atom. The SMILES string of the molecule is CN(CCc1ccccn1)c1ccc(NC(=O)c2ccccc2-c2ccc(C(F)(F)F)cc2)cn1. The van der Waals surface area contributed by atoms with Crippen molar-refractivity contribution in [3.05, 3.63) is 108 Å². The number of anilines is 2. The van der Waals surface area contributed by atoms with E-state index >= 15 is 0 Å². The maximum atomic E-state index is 13.0. The third-order valence-corrected chi connectivity index (χ3v) is 5.52. The summed E-state index contributed by atoms with van der Waals surface area (Å²) < 4.78 is 38.7. The molecule has 0 aliphatic carbocycles. The second-order valence-corrected chi connectivity index (χ2v) is 7.97. The molecule has 0 aliphatic rings. The predicted octanol–water partition coefficient (Wildman–Crippen LogP) is 6.09. The summed E-state index contributed by atoms with van der Waals surface area (Å²) in [6.45, 7) is 0.732. The fourth-order valence-corrected chi connectivity index (χ4v) is 3.60. The lowest BCUT2D eigenvalue weighted by atomic mass is 9.98. The van der Waals surface area contributed by atoms with Crippen LogP contribution in [0.1, 0.15) is 21.6 Å². The summed E-state index contributed by atoms with van der Waals surface area (Å²) in [5.41, 5.74) is 2.18. The first-order valence-electron chi connectivity index (χ1n) is 11.0. The normalized spacial score (nSPS) is 11.2. The van der Waals surface area contributed by atoms with E-state index in [0.29, 0.717) is 22.4 Å². The average molecular weight is 477 g/mol. The lowest BCUT2D eigenvalue weighted by Crippen LogP contribution is -2.21. The van der Waals surface area contributed by atoms with Crippen molar-refractivity contribution in [1.82, 2.24) is 9.97 Å². The van der Waals surface area contributed by atoms with E-state index in [4.69, 9.17) is 0 Å². The number of amides is 1. The van der Waals surface area contributed by atoms with Crippen LogP contribution in [0.2, 0.25) is 0 Å². The Labute approximate surface area is 201 Å². The van der Waals surface area contributed by atoms with E-state index in [0.717, 1.165) is 36.6 Å². The van der Waals surface area contributed by atoms with Gasteiger partial charge in [-0.3, -0.25) is 9.78 Å². The van der Waals surface area contributed by atoms with Crippen molar-refractivity contribution in [3.63, 3.8) is 0 Å². The van der Waals surface area contributed by atoms with Gasteiger partial charge in [-0.15, -0.1) is 0 Å². The van der Waals surface area contributed by atoms with E-state index in [9.17, 15) is 18.0 Å². The van der Waals surface area contributed by atoms with Crippen LogP contribution in [-0.2, 0) is 12.6 Å². The fourth-order valence-electron chi connectivity index (χ4n) is 3.60. The molecule has 0 aliphatic heterocycles. The van der Waals surface area contributed by atoms with Crippen molar-refractivity contribution in [3.8, 4) is 11.1 Å². The number of aromatic nitrogens is 2. The van der Waals surface area contributed by atoms with Crippen LogP contribution < -0.4 is 10.2 Å². The smallest absolute Gasteiger partial charge is 0.359 e. The van der Waals surface area contributed by atoms with Gasteiger partial charge in [0.1, 0.15) is 5.82 Å². The average Bonchev–Trinajstić information content (AvgIpc) is 2.88. The summed E-state index contributed by atoms with van der Waals surface area (Å²) >= 11 is 0. The Hall–Kier alpha value is -4.20. The molecule has 4 aromatic rings. The first kappa shape index (κ1) is 23.9. The second kappa shape index (κ2) is 10.4. The molecule has 1 amide bonds. The quantitative estimate of drug-likeness (QED) is 0.351. The zero-order valence-electron chi connectivity index (χ0n) is 19.0. The van der Waals surface area contributed by atoms with Crippen molar-refractivity contribution in [1.29, 1.82) is 0 Å². The molecule has 1 N–H and O–H groups in total. The monoisotopic (exact) mass is 476 g/mol. The minimum absolute atomic E-state index is 0.351. The van der Waals surface area contributed by atoms with Crippen molar-refractivity contribution in [2.75, 3.05) is 23.8 Å². The number of hydrogen-bond donors (Lipinski definition) is 1. The minimum Gasteiger partial charge on any atom is -0.359 e. The summed E-state index contributed by atoms with van der Waals surface area (Å²) in [5.74, 6) is 0.377. The molecule has 0 spiro atoms. The number of carbonyl (C=O) groups is 1. The van der Waals surface area contributed by atoms with Gasteiger partial charge in [0, 0.05) is 37.5 Å². The van der Waals surface area contributed by atoms with E-state index in [-0.39, 0.29) is 5.91 Å². The van der Waals surface area contributed by atoms with E-state index in [2.05, 4.69) is 15.3 Å². The molecule has 178 valence electrons. The Morgan fingerprint density at radius 1 is 0.914 bits per heavy atom. The van der Waals surface area contributed by atoms with Crippen LogP contribution in [0.5, 0.6) is 0 Å². The van der Waals surface area contributed by atoms with Gasteiger partial charge < -0.3 is 10.2 Å². The second-order valence-electron chi connectivity index (χ2n) is 7.97. The first-order valence-corrected chi connectivity index (χ1v) is 11.0. The van der Waals surface area contributed by atoms with Crippen molar-refractivity contribution >= 4 is 17.4 Å². The fraction of sp³-hybridized carbons (Fsp3) is 0.148. The number of carbonyl (C=O) groups excluding carboxylic acids is 1. The number of halogens is 3. The molecule has 0 saturated carbocycles. The number of nitrogens with one attached hydrogen (secondary N) is 1. The van der Waals surface area contributed by atoms with E-state index in [1.807, 2.05) is 36.2 Å². The van der Waals surface area contributed by atoms with Gasteiger partial charge in [0.2, 0.25) is 0 Å². The molecule has 2 heterocycles. The maximum absolute atomic E-state index is 13.0. The molecule has 0 fully saturated rings. The summed E-state index contributed by atoms with van der Waals surface area (Å²) in [4.78, 5) is 23.7. The summed E-state index contributed by atoms with van der Waals surface area (Å²) in [7, 11) is 1.93. The highest BCUT2D eigenvalue weighted by Crippen LogP contribution is 2.32. The molecule has 0 saturated heterocycles. The van der Waals surface area contributed by atoms with Crippen LogP contribution >= 0.6 is 0 Å². The molecular weight excluding hydrogens is 453 g/mol. The van der Waals surface area contributed by atoms with Gasteiger partial charge in [0.05, 0.1) is 17.4 Å². The van der Waals surface area contributed by atoms with Gasteiger partial charge in [-0.2, -0.15) is 13.2 Å². The molecule has 0 unspecified atom stereocenters. The molecule has 0 atom stereocenters. The third-order valence-electron chi connectivity index (χ3n) is 5.52. The van der Waals surface area contributed by atoms with E-state index in [1.54, 1.807) is 42.7 Å². The van der Waals surface area contributed by atoms with Crippen LogP contribution in [0.15, 0.2) is 91.3 Å². The highest BCUT2D eigenvalue weighted by molar-refractivity contribution is 6.08. The Balaban J connectivity index is 1.44. The van der Waals surface area contributed by atoms with Crippen LogP contribution in [0.3, 0.4) is 0 Å². The third kappa shape index (κ3) is 6.03. The zero-order valence-corrected chi connectivity index (χ0v) is 19.0. The van der Waals surface area contributed by atoms with Gasteiger partial charge in [-0.25, -0.2) is 4.98 Å². The number of rotatable bonds is 7. The van der Waals surface area contributed by atoms with Crippen LogP contribution in [0, 0.1) is 0 Å². The summed E-state index contributed by atoms with van der Waals surface area (Å²) in [6, 6.07) is 20.9. The molecule has 0 bridgehead atoms. The van der Waals surface area contributed by atoms with Gasteiger partial charge in [-0.1, -0.05) is 36.4 Å². The van der Waals surface area contributed by atoms with Gasteiger partial charge >= 0.3 is 6.18 Å².